The molecule has 2 nitrogen and oxygen atoms in total. The van der Waals surface area contributed by atoms with Gasteiger partial charge in [0, 0.05) is 6.26 Å². The maximum atomic E-state index is 11.4. The summed E-state index contributed by atoms with van der Waals surface area (Å²) in [4.78, 5) is 0. The van der Waals surface area contributed by atoms with Crippen LogP contribution >= 0.6 is 0 Å². The highest BCUT2D eigenvalue weighted by Gasteiger charge is 2.32. The molecule has 0 radical (unpaired) electrons. The lowest BCUT2D eigenvalue weighted by molar-refractivity contribution is 0.368. The molecule has 0 saturated heterocycles. The van der Waals surface area contributed by atoms with Crippen molar-refractivity contribution in [1.29, 1.82) is 0 Å². The quantitative estimate of drug-likeness (QED) is 0.610. The Kier molecular flexibility index (Phi) is 2.85. The van der Waals surface area contributed by atoms with E-state index in [0.29, 0.717) is 5.92 Å². The third-order valence-electron chi connectivity index (χ3n) is 3.00. The van der Waals surface area contributed by atoms with E-state index in [1.54, 1.807) is 0 Å². The Hall–Kier alpha value is -0.310. The van der Waals surface area contributed by atoms with E-state index in [-0.39, 0.29) is 11.2 Å². The number of hydrogen-bond acceptors (Lipinski definition) is 2. The van der Waals surface area contributed by atoms with Crippen LogP contribution in [0.1, 0.15) is 27.2 Å². The van der Waals surface area contributed by atoms with E-state index in [4.69, 9.17) is 0 Å². The molecule has 0 bridgehead atoms. The third kappa shape index (κ3) is 2.33. The average molecular weight is 202 g/mol. The van der Waals surface area contributed by atoms with Crippen molar-refractivity contribution in [3.05, 3.63) is 11.6 Å². The molecule has 0 heterocycles. The molecule has 1 aliphatic rings. The second-order valence-corrected chi connectivity index (χ2v) is 6.55. The van der Waals surface area contributed by atoms with Crippen LogP contribution < -0.4 is 0 Å². The summed E-state index contributed by atoms with van der Waals surface area (Å²) < 4.78 is 22.9. The van der Waals surface area contributed by atoms with Crippen LogP contribution in [0.25, 0.3) is 0 Å². The van der Waals surface area contributed by atoms with Gasteiger partial charge in [-0.2, -0.15) is 0 Å². The van der Waals surface area contributed by atoms with Crippen molar-refractivity contribution in [2.75, 3.05) is 6.26 Å². The highest BCUT2D eigenvalue weighted by molar-refractivity contribution is 7.91. The third-order valence-corrected chi connectivity index (χ3v) is 4.56. The Balaban J connectivity index is 3.03. The smallest absolute Gasteiger partial charge is 0.154 e. The molecular formula is C10H18O2S. The molecule has 0 amide bonds. The predicted octanol–water partition coefficient (Wildman–Crippen LogP) is 2.02. The molecule has 0 aliphatic heterocycles. The Bertz CT molecular complexity index is 314. The van der Waals surface area contributed by atoms with Crippen molar-refractivity contribution in [2.24, 2.45) is 11.8 Å². The second-order valence-electron chi connectivity index (χ2n) is 4.35. The molecule has 1 rings (SSSR count). The van der Waals surface area contributed by atoms with Gasteiger partial charge in [-0.25, -0.2) is 8.42 Å². The highest BCUT2D eigenvalue weighted by Crippen LogP contribution is 2.32. The van der Waals surface area contributed by atoms with Crippen molar-refractivity contribution in [1.82, 2.24) is 0 Å². The average Bonchev–Trinajstić information content (AvgIpc) is 1.94. The molecule has 1 aliphatic carbocycles. The van der Waals surface area contributed by atoms with Gasteiger partial charge < -0.3 is 0 Å². The van der Waals surface area contributed by atoms with Crippen LogP contribution in [0.4, 0.5) is 0 Å². The van der Waals surface area contributed by atoms with Crippen molar-refractivity contribution in [2.45, 2.75) is 32.4 Å². The Morgan fingerprint density at radius 3 is 2.38 bits per heavy atom. The summed E-state index contributed by atoms with van der Waals surface area (Å²) in [7, 11) is -2.92. The SMILES string of the molecule is CC1=C[C@@H](S(C)(=O)=O)[C@H](C)[C@@H](C)C1. The van der Waals surface area contributed by atoms with E-state index >= 15 is 0 Å². The summed E-state index contributed by atoms with van der Waals surface area (Å²) in [5.74, 6) is 0.725. The molecule has 13 heavy (non-hydrogen) atoms. The molecule has 0 N–H and O–H groups in total. The minimum Gasteiger partial charge on any atom is -0.229 e. The fourth-order valence-corrected chi connectivity index (χ4v) is 3.56. The number of allylic oxidation sites excluding steroid dienone is 1. The zero-order valence-corrected chi connectivity index (χ0v) is 9.56. The molecule has 0 aromatic heterocycles. The van der Waals surface area contributed by atoms with Gasteiger partial charge in [-0.15, -0.1) is 0 Å². The van der Waals surface area contributed by atoms with E-state index in [1.807, 2.05) is 19.9 Å². The summed E-state index contributed by atoms with van der Waals surface area (Å²) >= 11 is 0. The lowest BCUT2D eigenvalue weighted by Gasteiger charge is -2.30. The number of sulfone groups is 1. The van der Waals surface area contributed by atoms with Gasteiger partial charge in [0.05, 0.1) is 5.25 Å². The van der Waals surface area contributed by atoms with Crippen molar-refractivity contribution >= 4 is 9.84 Å². The standard InChI is InChI=1S/C10H18O2S/c1-7-5-8(2)9(3)10(6-7)13(4,11)12/h6,8-10H,5H2,1-4H3/t8-,9+,10+/m0/s1. The lowest BCUT2D eigenvalue weighted by atomic mass is 9.82. The van der Waals surface area contributed by atoms with Crippen molar-refractivity contribution in [3.63, 3.8) is 0 Å². The van der Waals surface area contributed by atoms with Gasteiger partial charge in [-0.05, 0) is 25.2 Å². The van der Waals surface area contributed by atoms with Crippen molar-refractivity contribution < 1.29 is 8.42 Å². The van der Waals surface area contributed by atoms with Gasteiger partial charge in [-0.3, -0.25) is 0 Å². The van der Waals surface area contributed by atoms with Crippen LogP contribution in [0.3, 0.4) is 0 Å². The van der Waals surface area contributed by atoms with E-state index < -0.39 is 9.84 Å². The van der Waals surface area contributed by atoms with Gasteiger partial charge in [-0.1, -0.05) is 25.5 Å². The minimum absolute atomic E-state index is 0.249. The van der Waals surface area contributed by atoms with Crippen LogP contribution in [0.15, 0.2) is 11.6 Å². The summed E-state index contributed by atoms with van der Waals surface area (Å²) in [6.45, 7) is 6.17. The topological polar surface area (TPSA) is 34.1 Å². The van der Waals surface area contributed by atoms with Gasteiger partial charge in [0.1, 0.15) is 0 Å². The Morgan fingerprint density at radius 2 is 1.92 bits per heavy atom. The zero-order valence-electron chi connectivity index (χ0n) is 8.74. The normalized spacial score (nSPS) is 35.7. The summed E-state index contributed by atoms with van der Waals surface area (Å²) in [5.41, 5.74) is 1.21. The highest BCUT2D eigenvalue weighted by atomic mass is 32.2. The molecule has 0 spiro atoms. The monoisotopic (exact) mass is 202 g/mol. The molecule has 0 unspecified atom stereocenters. The molecule has 0 fully saturated rings. The molecule has 0 aromatic carbocycles. The summed E-state index contributed by atoms with van der Waals surface area (Å²) in [5, 5.41) is -0.267. The van der Waals surface area contributed by atoms with Gasteiger partial charge >= 0.3 is 0 Å². The van der Waals surface area contributed by atoms with E-state index in [2.05, 4.69) is 6.92 Å². The molecule has 76 valence electrons. The number of hydrogen-bond donors (Lipinski definition) is 0. The minimum atomic E-state index is -2.92. The van der Waals surface area contributed by atoms with Crippen LogP contribution in [0, 0.1) is 11.8 Å². The van der Waals surface area contributed by atoms with E-state index in [1.165, 1.54) is 11.8 Å². The lowest BCUT2D eigenvalue weighted by Crippen LogP contribution is -2.33. The fourth-order valence-electron chi connectivity index (χ4n) is 2.03. The van der Waals surface area contributed by atoms with Crippen LogP contribution in [-0.2, 0) is 9.84 Å². The second kappa shape index (κ2) is 3.45. The first-order valence-electron chi connectivity index (χ1n) is 4.68. The zero-order chi connectivity index (χ0) is 10.2. The first-order valence-corrected chi connectivity index (χ1v) is 6.64. The van der Waals surface area contributed by atoms with Gasteiger partial charge in [0.2, 0.25) is 0 Å². The molecule has 3 atom stereocenters. The summed E-state index contributed by atoms with van der Waals surface area (Å²) in [6.07, 6.45) is 4.28. The van der Waals surface area contributed by atoms with E-state index in [0.717, 1.165) is 6.42 Å². The van der Waals surface area contributed by atoms with E-state index in [9.17, 15) is 8.42 Å². The van der Waals surface area contributed by atoms with Crippen molar-refractivity contribution in [3.8, 4) is 0 Å². The molecule has 0 aromatic rings. The Morgan fingerprint density at radius 1 is 1.38 bits per heavy atom. The van der Waals surface area contributed by atoms with Crippen LogP contribution in [0.5, 0.6) is 0 Å². The maximum Gasteiger partial charge on any atom is 0.154 e. The number of rotatable bonds is 1. The molecule has 0 saturated carbocycles. The summed E-state index contributed by atoms with van der Waals surface area (Å²) in [6, 6.07) is 0. The first-order chi connectivity index (χ1) is 5.82. The van der Waals surface area contributed by atoms with Crippen LogP contribution in [-0.4, -0.2) is 19.9 Å². The largest absolute Gasteiger partial charge is 0.229 e. The molecular weight excluding hydrogens is 184 g/mol. The predicted molar refractivity (Wildman–Crippen MR) is 55.3 cm³/mol. The Labute approximate surface area is 81.0 Å². The molecule has 3 heteroatoms. The fraction of sp³-hybridized carbons (Fsp3) is 0.800. The first kappa shape index (κ1) is 10.8. The maximum absolute atomic E-state index is 11.4. The van der Waals surface area contributed by atoms with Crippen LogP contribution in [0.2, 0.25) is 0 Å². The van der Waals surface area contributed by atoms with Gasteiger partial charge in [0.15, 0.2) is 9.84 Å². The van der Waals surface area contributed by atoms with Gasteiger partial charge in [0.25, 0.3) is 0 Å².